The van der Waals surface area contributed by atoms with Gasteiger partial charge in [0.1, 0.15) is 37.4 Å². The minimum absolute atomic E-state index is 0. The van der Waals surface area contributed by atoms with Crippen molar-refractivity contribution in [1.82, 2.24) is 0 Å². The van der Waals surface area contributed by atoms with Gasteiger partial charge in [-0.15, -0.1) is 15.3 Å². The average Bonchev–Trinajstić information content (AvgIpc) is 3.08. The summed E-state index contributed by atoms with van der Waals surface area (Å²) >= 11 is 0. The molecule has 4 aromatic rings. The predicted molar refractivity (Wildman–Crippen MR) is 189 cm³/mol. The Morgan fingerprint density at radius 3 is 1.58 bits per heavy atom. The van der Waals surface area contributed by atoms with Crippen LogP contribution in [0, 0.1) is 0 Å². The van der Waals surface area contributed by atoms with Crippen molar-refractivity contribution in [3.63, 3.8) is 0 Å². The van der Waals surface area contributed by atoms with Crippen LogP contribution >= 0.6 is 0 Å². The van der Waals surface area contributed by atoms with Gasteiger partial charge in [-0.3, -0.25) is 8.74 Å². The minimum atomic E-state index is -5.68. The van der Waals surface area contributed by atoms with Gasteiger partial charge in [0.05, 0.1) is 68.5 Å². The molecule has 0 aliphatic heterocycles. The molecule has 4 rings (SSSR count). The Labute approximate surface area is 442 Å². The number of sulfone groups is 2. The zero-order valence-electron chi connectivity index (χ0n) is 32.5. The van der Waals surface area contributed by atoms with Gasteiger partial charge in [-0.1, -0.05) is 5.75 Å². The molecule has 25 nitrogen and oxygen atoms in total. The minimum Gasteiger partial charge on any atom is -0.870 e. The molecule has 0 unspecified atom stereocenters. The summed E-state index contributed by atoms with van der Waals surface area (Å²) in [5.74, 6) is -3.67. The summed E-state index contributed by atoms with van der Waals surface area (Å²) in [7, 11) is -28.9. The van der Waals surface area contributed by atoms with Crippen LogP contribution in [-0.2, 0) is 69.1 Å². The van der Waals surface area contributed by atoms with E-state index in [9.17, 15) is 69.3 Å². The van der Waals surface area contributed by atoms with Gasteiger partial charge in [-0.2, -0.15) is 13.5 Å². The number of methoxy groups -OCH3 is 1. The van der Waals surface area contributed by atoms with Crippen molar-refractivity contribution in [1.29, 1.82) is 0 Å². The number of rotatable bonds is 17. The Hall–Kier alpha value is -0.800. The van der Waals surface area contributed by atoms with E-state index < -0.39 is 144 Å². The van der Waals surface area contributed by atoms with Crippen molar-refractivity contribution >= 4 is 99.9 Å². The number of hydrogen-bond acceptors (Lipinski definition) is 24. The van der Waals surface area contributed by atoms with Crippen LogP contribution in [0.2, 0.25) is 0 Å². The van der Waals surface area contributed by atoms with Crippen molar-refractivity contribution in [2.24, 2.45) is 20.5 Å². The van der Waals surface area contributed by atoms with Crippen LogP contribution in [-0.4, -0.2) is 101 Å². The molecule has 4 aromatic carbocycles. The van der Waals surface area contributed by atoms with Crippen LogP contribution in [0.1, 0.15) is 0 Å². The molecule has 3 N–H and O–H groups in total. The summed E-state index contributed by atoms with van der Waals surface area (Å²) in [6, 6.07) is 7.61. The van der Waals surface area contributed by atoms with E-state index in [4.69, 9.17) is 15.0 Å². The molecule has 0 heterocycles. The molecule has 0 spiro atoms. The molecule has 0 bridgehead atoms. The van der Waals surface area contributed by atoms with Crippen molar-refractivity contribution in [3.05, 3.63) is 54.6 Å². The van der Waals surface area contributed by atoms with Gasteiger partial charge >= 0.3 is 129 Å². The first-order chi connectivity index (χ1) is 26.5. The second-order valence-electron chi connectivity index (χ2n) is 11.0. The molecule has 0 fully saturated rings. The van der Waals surface area contributed by atoms with Crippen molar-refractivity contribution < 1.29 is 205 Å². The quantitative estimate of drug-likeness (QED) is 0.0326. The molecule has 0 aromatic heterocycles. The summed E-state index contributed by atoms with van der Waals surface area (Å²) < 4.78 is 199. The smallest absolute Gasteiger partial charge is 0.870 e. The van der Waals surface area contributed by atoms with Gasteiger partial charge in [0, 0.05) is 5.39 Å². The Kier molecular flexibility index (Phi) is 23.5. The van der Waals surface area contributed by atoms with Crippen LogP contribution in [0.25, 0.3) is 10.8 Å². The number of nitrogens with two attached hydrogens (primary N) is 1. The Morgan fingerprint density at radius 1 is 0.629 bits per heavy atom. The maximum atomic E-state index is 13.8. The summed E-state index contributed by atoms with van der Waals surface area (Å²) in [5, 5.41) is 26.9. The topological polar surface area (TPSA) is 420 Å². The Morgan fingerprint density at radius 2 is 1.10 bits per heavy atom. The number of nitrogens with zero attached hydrogens (tertiary/aromatic N) is 4. The zero-order chi connectivity index (χ0) is 43.6. The monoisotopic (exact) mass is 1020 g/mol. The number of anilines is 1. The molecule has 35 heteroatoms. The number of fused-ring (bicyclic) bond motifs is 1. The van der Waals surface area contributed by atoms with Gasteiger partial charge in [0.2, 0.25) is 10.4 Å². The van der Waals surface area contributed by atoms with E-state index in [0.717, 1.165) is 49.6 Å². The van der Waals surface area contributed by atoms with E-state index in [2.05, 4.69) is 28.8 Å². The maximum Gasteiger partial charge on any atom is 1.00 e. The standard InChI is InChI=1S/C27H27N5O20S6.4Na/c1-50-20-7-6-18(54(36,37)11-9-52-58(47,48)49)14-19(20)30-32-26-22(56(41,42)43)13-15-12-21(55(38,39)40)25(24(28)23(15)27(26)33)31-29-16-2-4-17(5-3-16)53(34,35)10-8-51-57(44,45)46;;;;/h2-7,12-14,33H,8-11,28H2,1H3,(H,38,39,40)(H,41,42,43)(H,44,45,46)(H,47,48,49);;;;/q;4*+1/p-4. The zero-order valence-corrected chi connectivity index (χ0v) is 45.4. The Balaban J connectivity index is 0.00000930. The van der Waals surface area contributed by atoms with Gasteiger partial charge in [-0.05, 0) is 60.0 Å². The number of azo groups is 2. The third-order valence-corrected chi connectivity index (χ3v) is 13.2. The van der Waals surface area contributed by atoms with Crippen LogP contribution in [0.15, 0.2) is 94.6 Å². The molecule has 0 aliphatic rings. The van der Waals surface area contributed by atoms with E-state index in [-0.39, 0.29) is 130 Å². The normalized spacial score (nSPS) is 12.6. The van der Waals surface area contributed by atoms with Crippen LogP contribution in [0.3, 0.4) is 0 Å². The molecule has 0 saturated heterocycles. The maximum absolute atomic E-state index is 13.8. The first-order valence-electron chi connectivity index (χ1n) is 14.9. The van der Waals surface area contributed by atoms with Crippen molar-refractivity contribution in [3.8, 4) is 11.5 Å². The largest absolute Gasteiger partial charge is 1.00 e. The fourth-order valence-electron chi connectivity index (χ4n) is 4.68. The van der Waals surface area contributed by atoms with E-state index in [1.165, 1.54) is 0 Å². The third-order valence-electron chi connectivity index (χ3n) is 7.23. The van der Waals surface area contributed by atoms with E-state index in [1.54, 1.807) is 0 Å². The van der Waals surface area contributed by atoms with Crippen LogP contribution in [0.4, 0.5) is 28.4 Å². The molecule has 0 radical (unpaired) electrons. The number of ether oxygens (including phenoxy) is 1. The third kappa shape index (κ3) is 16.5. The SMILES string of the molecule is COc1ccc(S(=O)(=O)CCOS(=O)(=O)O)cc1N=Nc1c(S(=O)(=O)[O-])cc2cc(S(=O)(=O)[O-])c(N=Nc3ccc(S(=O)(=O)CCOS(=O)(=O)[O-])cc3)c(N)c2c1[O-].[Na+].[Na+].[Na+].[Na+]. The molecular weight excluding hydrogens is 999 g/mol. The number of hydrogen-bond donors (Lipinski definition) is 2. The van der Waals surface area contributed by atoms with Crippen LogP contribution in [0.5, 0.6) is 11.5 Å². The van der Waals surface area contributed by atoms with Gasteiger partial charge in [-0.25, -0.2) is 46.3 Å². The fourth-order valence-corrected chi connectivity index (χ4v) is 8.97. The average molecular weight is 1020 g/mol. The molecule has 0 saturated carbocycles. The summed E-state index contributed by atoms with van der Waals surface area (Å²) in [5.41, 5.74) is 2.21. The van der Waals surface area contributed by atoms with Crippen molar-refractivity contribution in [2.75, 3.05) is 37.6 Å². The second kappa shape index (κ2) is 23.8. The first kappa shape index (κ1) is 61.2. The molecule has 0 atom stereocenters. The van der Waals surface area contributed by atoms with Gasteiger partial charge in [0.25, 0.3) is 0 Å². The molecule has 316 valence electrons. The molecule has 62 heavy (non-hydrogen) atoms. The van der Waals surface area contributed by atoms with E-state index in [0.29, 0.717) is 12.1 Å². The predicted octanol–water partition coefficient (Wildman–Crippen LogP) is -11.0. The number of nitrogen functional groups attached to an aromatic ring is 1. The first-order valence-corrected chi connectivity index (χ1v) is 23.7. The van der Waals surface area contributed by atoms with Gasteiger partial charge < -0.3 is 29.2 Å². The van der Waals surface area contributed by atoms with E-state index in [1.807, 2.05) is 0 Å². The van der Waals surface area contributed by atoms with Crippen molar-refractivity contribution in [2.45, 2.75) is 19.6 Å². The number of benzene rings is 4. The van der Waals surface area contributed by atoms with Crippen LogP contribution < -0.4 is 134 Å². The molecule has 0 amide bonds. The summed E-state index contributed by atoms with van der Waals surface area (Å²) in [6.07, 6.45) is 0. The van der Waals surface area contributed by atoms with Gasteiger partial charge in [0.15, 0.2) is 19.7 Å². The summed E-state index contributed by atoms with van der Waals surface area (Å²) in [6.45, 7) is -2.01. The van der Waals surface area contributed by atoms with E-state index >= 15 is 0 Å². The second-order valence-corrected chi connectivity index (χ2v) is 20.1. The molecule has 0 aliphatic carbocycles. The fraction of sp³-hybridized carbons (Fsp3) is 0.185. The molecular formula is C27H23N5Na4O20S6. The summed E-state index contributed by atoms with van der Waals surface area (Å²) in [4.78, 5) is -3.65. The Bertz CT molecular complexity index is 3050.